The lowest BCUT2D eigenvalue weighted by molar-refractivity contribution is 0.934. The van der Waals surface area contributed by atoms with E-state index in [0.717, 1.165) is 16.5 Å². The van der Waals surface area contributed by atoms with E-state index in [1.54, 1.807) is 11.8 Å². The van der Waals surface area contributed by atoms with Crippen LogP contribution in [0.1, 0.15) is 6.92 Å². The summed E-state index contributed by atoms with van der Waals surface area (Å²) in [6.07, 6.45) is 5.72. The number of rotatable bonds is 1. The van der Waals surface area contributed by atoms with Gasteiger partial charge in [-0.25, -0.2) is 4.99 Å². The number of nitrogens with zero attached hydrogens (tertiary/aromatic N) is 2. The molecule has 14 heavy (non-hydrogen) atoms. The minimum absolute atomic E-state index is 0.0750. The van der Waals surface area contributed by atoms with E-state index in [1.165, 1.54) is 0 Å². The van der Waals surface area contributed by atoms with Gasteiger partial charge in [-0.15, -0.1) is 0 Å². The fourth-order valence-corrected chi connectivity index (χ4v) is 1.99. The molecule has 0 saturated heterocycles. The minimum Gasteiger partial charge on any atom is -0.317 e. The molecule has 2 aliphatic rings. The van der Waals surface area contributed by atoms with Gasteiger partial charge in [0.2, 0.25) is 0 Å². The Morgan fingerprint density at radius 2 is 2.50 bits per heavy atom. The summed E-state index contributed by atoms with van der Waals surface area (Å²) in [5, 5.41) is 0.975. The van der Waals surface area contributed by atoms with Crippen LogP contribution >= 0.6 is 11.8 Å². The SMILES string of the molecule is CC1=NC(C2=NCC(N)S2)=C=CC=C1. The maximum absolute atomic E-state index is 5.74. The van der Waals surface area contributed by atoms with E-state index in [1.807, 2.05) is 25.2 Å². The van der Waals surface area contributed by atoms with Gasteiger partial charge in [-0.05, 0) is 19.1 Å². The number of allylic oxidation sites excluding steroid dienone is 2. The topological polar surface area (TPSA) is 50.7 Å². The molecule has 0 bridgehead atoms. The Morgan fingerprint density at radius 3 is 3.21 bits per heavy atom. The van der Waals surface area contributed by atoms with Crippen molar-refractivity contribution < 1.29 is 0 Å². The standard InChI is InChI=1S/C10H11N3S/c1-7-4-2-3-5-8(13-7)10-12-6-9(11)14-10/h2-4,9H,6,11H2,1H3. The Balaban J connectivity index is 2.27. The summed E-state index contributed by atoms with van der Waals surface area (Å²) in [6, 6.07) is 0. The quantitative estimate of drug-likeness (QED) is 0.659. The predicted octanol–water partition coefficient (Wildman–Crippen LogP) is 1.49. The molecule has 0 radical (unpaired) electrons. The first kappa shape index (κ1) is 9.46. The molecule has 72 valence electrons. The normalized spacial score (nSPS) is 25.6. The van der Waals surface area contributed by atoms with Gasteiger partial charge in [-0.3, -0.25) is 4.99 Å². The van der Waals surface area contributed by atoms with Crippen molar-refractivity contribution in [2.75, 3.05) is 6.54 Å². The molecular weight excluding hydrogens is 194 g/mol. The third-order valence-corrected chi connectivity index (χ3v) is 2.82. The van der Waals surface area contributed by atoms with E-state index in [0.29, 0.717) is 6.54 Å². The largest absolute Gasteiger partial charge is 0.317 e. The van der Waals surface area contributed by atoms with Gasteiger partial charge in [-0.1, -0.05) is 23.6 Å². The van der Waals surface area contributed by atoms with Crippen molar-refractivity contribution in [2.45, 2.75) is 12.3 Å². The van der Waals surface area contributed by atoms with Crippen LogP contribution in [0.2, 0.25) is 0 Å². The van der Waals surface area contributed by atoms with Gasteiger partial charge in [0.05, 0.1) is 11.9 Å². The molecule has 4 heteroatoms. The zero-order valence-electron chi connectivity index (χ0n) is 7.90. The molecule has 2 heterocycles. The Kier molecular flexibility index (Phi) is 2.68. The van der Waals surface area contributed by atoms with Crippen molar-refractivity contribution in [2.24, 2.45) is 15.7 Å². The summed E-state index contributed by atoms with van der Waals surface area (Å²) in [7, 11) is 0. The Labute approximate surface area is 87.2 Å². The highest BCUT2D eigenvalue weighted by Gasteiger charge is 2.18. The second-order valence-corrected chi connectivity index (χ2v) is 4.30. The summed E-state index contributed by atoms with van der Waals surface area (Å²) in [5.74, 6) is 0. The first-order valence-electron chi connectivity index (χ1n) is 4.41. The third-order valence-electron chi connectivity index (χ3n) is 1.82. The number of hydrogen-bond acceptors (Lipinski definition) is 4. The molecule has 2 rings (SSSR count). The van der Waals surface area contributed by atoms with Crippen LogP contribution in [0.4, 0.5) is 0 Å². The molecule has 0 fully saturated rings. The summed E-state index contributed by atoms with van der Waals surface area (Å²) >= 11 is 1.56. The van der Waals surface area contributed by atoms with Gasteiger partial charge in [0.1, 0.15) is 10.7 Å². The van der Waals surface area contributed by atoms with Crippen LogP contribution in [0, 0.1) is 0 Å². The van der Waals surface area contributed by atoms with E-state index in [-0.39, 0.29) is 5.37 Å². The van der Waals surface area contributed by atoms with E-state index in [2.05, 4.69) is 15.7 Å². The molecule has 0 aromatic heterocycles. The van der Waals surface area contributed by atoms with Crippen LogP contribution in [-0.2, 0) is 0 Å². The first-order valence-corrected chi connectivity index (χ1v) is 5.29. The maximum Gasteiger partial charge on any atom is 0.137 e. The van der Waals surface area contributed by atoms with Crippen molar-refractivity contribution >= 4 is 22.5 Å². The molecule has 1 atom stereocenters. The smallest absolute Gasteiger partial charge is 0.137 e. The highest BCUT2D eigenvalue weighted by atomic mass is 32.2. The summed E-state index contributed by atoms with van der Waals surface area (Å²) in [6.45, 7) is 2.63. The van der Waals surface area contributed by atoms with Crippen LogP contribution in [0.15, 0.2) is 39.6 Å². The molecule has 2 aliphatic heterocycles. The zero-order valence-corrected chi connectivity index (χ0v) is 8.71. The summed E-state index contributed by atoms with van der Waals surface area (Å²) in [5.41, 5.74) is 10.6. The van der Waals surface area contributed by atoms with E-state index in [4.69, 9.17) is 5.73 Å². The lowest BCUT2D eigenvalue weighted by atomic mass is 10.4. The van der Waals surface area contributed by atoms with Crippen molar-refractivity contribution in [1.29, 1.82) is 0 Å². The maximum atomic E-state index is 5.74. The first-order chi connectivity index (χ1) is 6.75. The summed E-state index contributed by atoms with van der Waals surface area (Å²) < 4.78 is 0. The van der Waals surface area contributed by atoms with Gasteiger partial charge in [-0.2, -0.15) is 0 Å². The third kappa shape index (κ3) is 2.04. The molecule has 0 amide bonds. The average molecular weight is 205 g/mol. The number of thioether (sulfide) groups is 1. The van der Waals surface area contributed by atoms with Gasteiger partial charge in [0, 0.05) is 5.71 Å². The van der Waals surface area contributed by atoms with Crippen LogP contribution in [0.25, 0.3) is 0 Å². The van der Waals surface area contributed by atoms with Gasteiger partial charge >= 0.3 is 0 Å². The molecular formula is C10H11N3S. The molecule has 0 aromatic carbocycles. The lowest BCUT2D eigenvalue weighted by Gasteiger charge is -1.99. The summed E-state index contributed by atoms with van der Waals surface area (Å²) in [4.78, 5) is 8.71. The lowest BCUT2D eigenvalue weighted by Crippen LogP contribution is -2.15. The Hall–Kier alpha value is -1.09. The highest BCUT2D eigenvalue weighted by Crippen LogP contribution is 2.23. The van der Waals surface area contributed by atoms with Crippen molar-refractivity contribution in [3.05, 3.63) is 29.7 Å². The van der Waals surface area contributed by atoms with Crippen LogP contribution in [-0.4, -0.2) is 22.7 Å². The van der Waals surface area contributed by atoms with Gasteiger partial charge in [0.25, 0.3) is 0 Å². The molecule has 3 nitrogen and oxygen atoms in total. The Morgan fingerprint density at radius 1 is 1.64 bits per heavy atom. The van der Waals surface area contributed by atoms with Crippen molar-refractivity contribution in [3.8, 4) is 0 Å². The average Bonchev–Trinajstić information content (AvgIpc) is 2.45. The Bertz CT molecular complexity index is 398. The fraction of sp³-hybridized carbons (Fsp3) is 0.300. The molecule has 1 unspecified atom stereocenters. The van der Waals surface area contributed by atoms with Crippen molar-refractivity contribution in [3.63, 3.8) is 0 Å². The van der Waals surface area contributed by atoms with E-state index < -0.39 is 0 Å². The second-order valence-electron chi connectivity index (χ2n) is 3.07. The minimum atomic E-state index is 0.0750. The van der Waals surface area contributed by atoms with Gasteiger partial charge in [0.15, 0.2) is 0 Å². The monoisotopic (exact) mass is 205 g/mol. The van der Waals surface area contributed by atoms with Crippen LogP contribution in [0.3, 0.4) is 0 Å². The number of aliphatic imine (C=N–C) groups is 2. The molecule has 2 N–H and O–H groups in total. The fourth-order valence-electron chi connectivity index (χ4n) is 1.19. The van der Waals surface area contributed by atoms with Crippen molar-refractivity contribution in [1.82, 2.24) is 0 Å². The van der Waals surface area contributed by atoms with E-state index >= 15 is 0 Å². The van der Waals surface area contributed by atoms with Crippen LogP contribution < -0.4 is 5.73 Å². The second kappa shape index (κ2) is 3.96. The number of hydrogen-bond donors (Lipinski definition) is 1. The highest BCUT2D eigenvalue weighted by molar-refractivity contribution is 8.15. The molecule has 0 spiro atoms. The predicted molar refractivity (Wildman–Crippen MR) is 61.7 cm³/mol. The van der Waals surface area contributed by atoms with Crippen LogP contribution in [0.5, 0.6) is 0 Å². The van der Waals surface area contributed by atoms with Gasteiger partial charge < -0.3 is 5.73 Å². The zero-order chi connectivity index (χ0) is 9.97. The molecule has 0 aliphatic carbocycles. The molecule has 0 aromatic rings. The molecule has 0 saturated carbocycles. The van der Waals surface area contributed by atoms with E-state index in [9.17, 15) is 0 Å². The number of nitrogens with two attached hydrogens (primary N) is 1.